The molecule has 0 saturated heterocycles. The molecular weight excluding hydrogens is 227 g/mol. The molecule has 2 heteroatoms. The van der Waals surface area contributed by atoms with Gasteiger partial charge in [0.15, 0.2) is 0 Å². The van der Waals surface area contributed by atoms with Crippen molar-refractivity contribution < 1.29 is 0 Å². The fourth-order valence-corrected chi connectivity index (χ4v) is 2.93. The average Bonchev–Trinajstić information content (AvgIpc) is 2.88. The third-order valence-corrected chi connectivity index (χ3v) is 4.34. The fraction of sp³-hybridized carbons (Fsp3) is 0.538. The van der Waals surface area contributed by atoms with E-state index in [1.165, 1.54) is 17.5 Å². The lowest BCUT2D eigenvalue weighted by atomic mass is 10.0. The van der Waals surface area contributed by atoms with Crippen molar-refractivity contribution in [3.8, 4) is 0 Å². The van der Waals surface area contributed by atoms with Crippen LogP contribution in [0.25, 0.3) is 0 Å². The Morgan fingerprint density at radius 1 is 1.27 bits per heavy atom. The number of rotatable bonds is 2. The summed E-state index contributed by atoms with van der Waals surface area (Å²) in [5.74, 6) is 1.37. The lowest BCUT2D eigenvalue weighted by Crippen LogP contribution is -1.97. The lowest BCUT2D eigenvalue weighted by Gasteiger charge is -2.13. The minimum Gasteiger partial charge on any atom is -0.117 e. The first kappa shape index (κ1) is 11.3. The molecule has 2 rings (SSSR count). The van der Waals surface area contributed by atoms with Gasteiger partial charge >= 0.3 is 0 Å². The zero-order chi connectivity index (χ0) is 11.2. The maximum absolute atomic E-state index is 6.44. The van der Waals surface area contributed by atoms with Crippen molar-refractivity contribution in [1.29, 1.82) is 0 Å². The van der Waals surface area contributed by atoms with Crippen molar-refractivity contribution in [2.45, 2.75) is 32.6 Å². The number of halogens is 2. The molecule has 82 valence electrons. The predicted molar refractivity (Wildman–Crippen MR) is 66.8 cm³/mol. The molecule has 0 amide bonds. The van der Waals surface area contributed by atoms with E-state index in [2.05, 4.69) is 26.8 Å². The Labute approximate surface area is 102 Å². The molecule has 0 bridgehead atoms. The van der Waals surface area contributed by atoms with Crippen LogP contribution in [0.15, 0.2) is 12.1 Å². The summed E-state index contributed by atoms with van der Waals surface area (Å²) < 4.78 is 0. The van der Waals surface area contributed by atoms with Gasteiger partial charge in [-0.05, 0) is 54.9 Å². The van der Waals surface area contributed by atoms with E-state index in [1.54, 1.807) is 0 Å². The second kappa shape index (κ2) is 3.99. The van der Waals surface area contributed by atoms with E-state index in [-0.39, 0.29) is 5.38 Å². The molecule has 0 heterocycles. The fourth-order valence-electron chi connectivity index (χ4n) is 2.00. The van der Waals surface area contributed by atoms with Gasteiger partial charge in [0.05, 0.1) is 5.38 Å². The molecule has 1 aliphatic carbocycles. The molecule has 3 atom stereocenters. The number of alkyl halides is 1. The first-order valence-electron chi connectivity index (χ1n) is 5.41. The summed E-state index contributed by atoms with van der Waals surface area (Å²) in [7, 11) is 0. The number of aryl methyl sites for hydroxylation is 2. The Morgan fingerprint density at radius 3 is 2.33 bits per heavy atom. The second-order valence-corrected chi connectivity index (χ2v) is 5.61. The summed E-state index contributed by atoms with van der Waals surface area (Å²) in [6, 6.07) is 4.16. The number of hydrogen-bond donors (Lipinski definition) is 0. The highest BCUT2D eigenvalue weighted by Crippen LogP contribution is 2.51. The van der Waals surface area contributed by atoms with Crippen LogP contribution in [0.3, 0.4) is 0 Å². The van der Waals surface area contributed by atoms with E-state index in [9.17, 15) is 0 Å². The van der Waals surface area contributed by atoms with Crippen molar-refractivity contribution in [3.05, 3.63) is 33.8 Å². The van der Waals surface area contributed by atoms with Crippen LogP contribution < -0.4 is 0 Å². The average molecular weight is 243 g/mol. The molecule has 1 aromatic carbocycles. The lowest BCUT2D eigenvalue weighted by molar-refractivity contribution is 0.721. The quantitative estimate of drug-likeness (QED) is 0.648. The highest BCUT2D eigenvalue weighted by atomic mass is 35.5. The Morgan fingerprint density at radius 2 is 1.80 bits per heavy atom. The SMILES string of the molecule is Cc1cc(Cl)c(C(Cl)C2CC2C)cc1C. The Hall–Kier alpha value is -0.200. The first-order chi connectivity index (χ1) is 7.00. The third-order valence-electron chi connectivity index (χ3n) is 3.46. The van der Waals surface area contributed by atoms with Crippen molar-refractivity contribution in [1.82, 2.24) is 0 Å². The molecule has 1 saturated carbocycles. The second-order valence-electron chi connectivity index (χ2n) is 4.74. The van der Waals surface area contributed by atoms with Gasteiger partial charge in [-0.15, -0.1) is 11.6 Å². The number of hydrogen-bond acceptors (Lipinski definition) is 0. The van der Waals surface area contributed by atoms with Gasteiger partial charge < -0.3 is 0 Å². The normalized spacial score (nSPS) is 26.5. The molecule has 1 fully saturated rings. The van der Waals surface area contributed by atoms with Crippen molar-refractivity contribution in [3.63, 3.8) is 0 Å². The van der Waals surface area contributed by atoms with E-state index in [0.29, 0.717) is 5.92 Å². The molecule has 0 aliphatic heterocycles. The Kier molecular flexibility index (Phi) is 3.00. The van der Waals surface area contributed by atoms with E-state index >= 15 is 0 Å². The Balaban J connectivity index is 2.31. The highest BCUT2D eigenvalue weighted by Gasteiger charge is 2.39. The van der Waals surface area contributed by atoms with Crippen LogP contribution >= 0.6 is 23.2 Å². The van der Waals surface area contributed by atoms with Crippen LogP contribution in [0.1, 0.15) is 35.4 Å². The minimum atomic E-state index is 0.0896. The molecule has 0 radical (unpaired) electrons. The van der Waals surface area contributed by atoms with Gasteiger partial charge in [0.25, 0.3) is 0 Å². The first-order valence-corrected chi connectivity index (χ1v) is 6.23. The van der Waals surface area contributed by atoms with Gasteiger partial charge in [0.1, 0.15) is 0 Å². The van der Waals surface area contributed by atoms with E-state index in [0.717, 1.165) is 16.5 Å². The maximum Gasteiger partial charge on any atom is 0.0630 e. The summed E-state index contributed by atoms with van der Waals surface area (Å²) in [5.41, 5.74) is 3.61. The van der Waals surface area contributed by atoms with E-state index in [4.69, 9.17) is 23.2 Å². The largest absolute Gasteiger partial charge is 0.117 e. The molecular formula is C13H16Cl2. The minimum absolute atomic E-state index is 0.0896. The summed E-state index contributed by atoms with van der Waals surface area (Å²) in [5, 5.41) is 0.906. The number of benzene rings is 1. The van der Waals surface area contributed by atoms with Gasteiger partial charge in [-0.3, -0.25) is 0 Å². The topological polar surface area (TPSA) is 0 Å². The highest BCUT2D eigenvalue weighted by molar-refractivity contribution is 6.33. The third kappa shape index (κ3) is 2.16. The standard InChI is InChI=1S/C13H16Cl2/c1-7-4-11(12(14)6-8(7)2)13(15)10-5-9(10)3/h4,6,9-10,13H,5H2,1-3H3. The van der Waals surface area contributed by atoms with Crippen LogP contribution in [0.2, 0.25) is 5.02 Å². The van der Waals surface area contributed by atoms with Crippen LogP contribution in [0.5, 0.6) is 0 Å². The summed E-state index contributed by atoms with van der Waals surface area (Å²) in [4.78, 5) is 0. The molecule has 0 nitrogen and oxygen atoms in total. The van der Waals surface area contributed by atoms with Gasteiger partial charge in [-0.1, -0.05) is 24.6 Å². The molecule has 3 unspecified atom stereocenters. The summed E-state index contributed by atoms with van der Waals surface area (Å²) in [6.45, 7) is 6.43. The maximum atomic E-state index is 6.44. The van der Waals surface area contributed by atoms with Crippen molar-refractivity contribution >= 4 is 23.2 Å². The Bertz CT molecular complexity index is 384. The van der Waals surface area contributed by atoms with Crippen LogP contribution in [-0.4, -0.2) is 0 Å². The van der Waals surface area contributed by atoms with Crippen LogP contribution in [0.4, 0.5) is 0 Å². The molecule has 0 aromatic heterocycles. The van der Waals surface area contributed by atoms with Crippen molar-refractivity contribution in [2.75, 3.05) is 0 Å². The monoisotopic (exact) mass is 242 g/mol. The van der Waals surface area contributed by atoms with E-state index < -0.39 is 0 Å². The van der Waals surface area contributed by atoms with Crippen LogP contribution in [-0.2, 0) is 0 Å². The van der Waals surface area contributed by atoms with Crippen LogP contribution in [0, 0.1) is 25.7 Å². The van der Waals surface area contributed by atoms with Crippen molar-refractivity contribution in [2.24, 2.45) is 11.8 Å². The molecule has 0 spiro atoms. The zero-order valence-corrected chi connectivity index (χ0v) is 10.9. The van der Waals surface area contributed by atoms with Gasteiger partial charge in [0.2, 0.25) is 0 Å². The predicted octanol–water partition coefficient (Wildman–Crippen LogP) is 4.89. The molecule has 1 aliphatic rings. The van der Waals surface area contributed by atoms with Gasteiger partial charge in [-0.2, -0.15) is 0 Å². The smallest absolute Gasteiger partial charge is 0.0630 e. The zero-order valence-electron chi connectivity index (χ0n) is 9.35. The molecule has 0 N–H and O–H groups in total. The summed E-state index contributed by atoms with van der Waals surface area (Å²) >= 11 is 12.7. The van der Waals surface area contributed by atoms with Gasteiger partial charge in [0, 0.05) is 5.02 Å². The molecule has 1 aromatic rings. The van der Waals surface area contributed by atoms with Gasteiger partial charge in [-0.25, -0.2) is 0 Å². The van der Waals surface area contributed by atoms with E-state index in [1.807, 2.05) is 6.07 Å². The summed E-state index contributed by atoms with van der Waals surface area (Å²) in [6.07, 6.45) is 1.23. The molecule has 15 heavy (non-hydrogen) atoms.